The van der Waals surface area contributed by atoms with E-state index in [0.29, 0.717) is 54.9 Å². The number of fused-ring (bicyclic) bond motifs is 2. The lowest BCUT2D eigenvalue weighted by atomic mass is 10.2. The normalized spacial score (nSPS) is 15.0. The first-order valence-electron chi connectivity index (χ1n) is 9.67. The topological polar surface area (TPSA) is 83.5 Å². The van der Waals surface area contributed by atoms with E-state index in [9.17, 15) is 9.59 Å². The quantitative estimate of drug-likeness (QED) is 0.558. The predicted octanol–water partition coefficient (Wildman–Crippen LogP) is 2.35. The molecule has 0 spiro atoms. The van der Waals surface area contributed by atoms with Crippen LogP contribution in [0.5, 0.6) is 17.2 Å². The number of methoxy groups -OCH3 is 1. The molecule has 0 amide bonds. The van der Waals surface area contributed by atoms with Crippen molar-refractivity contribution in [2.45, 2.75) is 0 Å². The molecule has 0 radical (unpaired) electrons. The number of ether oxygens (including phenoxy) is 5. The van der Waals surface area contributed by atoms with E-state index in [-0.39, 0.29) is 25.7 Å². The van der Waals surface area contributed by atoms with E-state index in [1.807, 2.05) is 24.3 Å². The Morgan fingerprint density at radius 1 is 0.967 bits per heavy atom. The number of hydrogen-bond acceptors (Lipinski definition) is 8. The molecule has 8 heteroatoms. The fourth-order valence-electron chi connectivity index (χ4n) is 2.97. The van der Waals surface area contributed by atoms with Crippen LogP contribution in [0.1, 0.15) is 10.4 Å². The minimum absolute atomic E-state index is 0.0229. The highest BCUT2D eigenvalue weighted by Gasteiger charge is 2.17. The second-order valence-corrected chi connectivity index (χ2v) is 6.45. The van der Waals surface area contributed by atoms with E-state index in [1.165, 1.54) is 7.11 Å². The third kappa shape index (κ3) is 5.87. The number of aldehydes is 1. The molecule has 30 heavy (non-hydrogen) atoms. The number of anilines is 1. The first-order chi connectivity index (χ1) is 14.7. The molecule has 0 unspecified atom stereocenters. The van der Waals surface area contributed by atoms with Crippen LogP contribution in [0.25, 0.3) is 0 Å². The zero-order valence-corrected chi connectivity index (χ0v) is 16.9. The van der Waals surface area contributed by atoms with Crippen molar-refractivity contribution in [2.75, 3.05) is 58.1 Å². The van der Waals surface area contributed by atoms with Gasteiger partial charge in [-0.2, -0.15) is 0 Å². The van der Waals surface area contributed by atoms with Crippen LogP contribution >= 0.6 is 0 Å². The number of hydrogen-bond donors (Lipinski definition) is 0. The van der Waals surface area contributed by atoms with Gasteiger partial charge in [-0.15, -0.1) is 0 Å². The van der Waals surface area contributed by atoms with Crippen molar-refractivity contribution in [3.8, 4) is 17.2 Å². The van der Waals surface area contributed by atoms with E-state index >= 15 is 0 Å². The lowest BCUT2D eigenvalue weighted by Gasteiger charge is -2.26. The van der Waals surface area contributed by atoms with Gasteiger partial charge in [-0.1, -0.05) is 12.1 Å². The molecule has 1 aliphatic rings. The molecule has 3 rings (SSSR count). The van der Waals surface area contributed by atoms with Crippen molar-refractivity contribution in [2.24, 2.45) is 0 Å². The average molecular weight is 415 g/mol. The molecule has 0 fully saturated rings. The van der Waals surface area contributed by atoms with Crippen molar-refractivity contribution in [3.05, 3.63) is 48.0 Å². The van der Waals surface area contributed by atoms with Crippen molar-refractivity contribution in [1.29, 1.82) is 0 Å². The summed E-state index contributed by atoms with van der Waals surface area (Å²) in [4.78, 5) is 24.9. The average Bonchev–Trinajstić information content (AvgIpc) is 2.78. The first-order valence-corrected chi connectivity index (χ1v) is 9.67. The number of carbonyl (C=O) groups is 2. The van der Waals surface area contributed by atoms with Crippen LogP contribution in [0, 0.1) is 0 Å². The molecule has 160 valence electrons. The summed E-state index contributed by atoms with van der Waals surface area (Å²) >= 11 is 0. The Balaban J connectivity index is 1.83. The molecule has 0 bridgehead atoms. The largest absolute Gasteiger partial charge is 0.488 e. The molecule has 0 aliphatic carbocycles. The Kier molecular flexibility index (Phi) is 7.91. The van der Waals surface area contributed by atoms with Crippen LogP contribution in [0.15, 0.2) is 42.5 Å². The SMILES string of the molecule is COC(=O)CN1CCOCCOc2ccccc2OCCOc2cc(C=O)ccc21. The van der Waals surface area contributed by atoms with Gasteiger partial charge in [-0.25, -0.2) is 0 Å². The van der Waals surface area contributed by atoms with Crippen molar-refractivity contribution in [1.82, 2.24) is 0 Å². The second kappa shape index (κ2) is 11.1. The van der Waals surface area contributed by atoms with Crippen LogP contribution < -0.4 is 19.1 Å². The summed E-state index contributed by atoms with van der Waals surface area (Å²) in [5.41, 5.74) is 1.14. The third-order valence-corrected chi connectivity index (χ3v) is 4.45. The van der Waals surface area contributed by atoms with Crippen LogP contribution in [0.4, 0.5) is 5.69 Å². The maximum absolute atomic E-state index is 11.9. The Morgan fingerprint density at radius 2 is 1.63 bits per heavy atom. The molecule has 1 heterocycles. The summed E-state index contributed by atoms with van der Waals surface area (Å²) < 4.78 is 27.9. The summed E-state index contributed by atoms with van der Waals surface area (Å²) in [7, 11) is 1.34. The van der Waals surface area contributed by atoms with Crippen LogP contribution in [0.2, 0.25) is 0 Å². The summed E-state index contributed by atoms with van der Waals surface area (Å²) in [6.07, 6.45) is 0.747. The van der Waals surface area contributed by atoms with Gasteiger partial charge in [-0.3, -0.25) is 9.59 Å². The van der Waals surface area contributed by atoms with Gasteiger partial charge in [0.2, 0.25) is 0 Å². The molecule has 8 nitrogen and oxygen atoms in total. The summed E-state index contributed by atoms with van der Waals surface area (Å²) in [6, 6.07) is 12.5. The number of para-hydroxylation sites is 2. The Labute approximate surface area is 175 Å². The monoisotopic (exact) mass is 415 g/mol. The number of benzene rings is 2. The number of rotatable bonds is 3. The van der Waals surface area contributed by atoms with Crippen LogP contribution in [0.3, 0.4) is 0 Å². The number of nitrogens with zero attached hydrogens (tertiary/aromatic N) is 1. The Bertz CT molecular complexity index is 855. The maximum atomic E-state index is 11.9. The first kappa shape index (κ1) is 21.4. The highest BCUT2D eigenvalue weighted by atomic mass is 16.6. The van der Waals surface area contributed by atoms with Gasteiger partial charge in [0.15, 0.2) is 11.5 Å². The van der Waals surface area contributed by atoms with Gasteiger partial charge in [0, 0.05) is 12.1 Å². The van der Waals surface area contributed by atoms with Crippen molar-refractivity contribution < 1.29 is 33.3 Å². The minimum Gasteiger partial charge on any atom is -0.488 e. The van der Waals surface area contributed by atoms with E-state index in [1.54, 1.807) is 23.1 Å². The number of esters is 1. The summed E-state index contributed by atoms with van der Waals surface area (Å²) in [5.74, 6) is 1.34. The van der Waals surface area contributed by atoms with Crippen LogP contribution in [-0.2, 0) is 14.3 Å². The van der Waals surface area contributed by atoms with Gasteiger partial charge in [-0.05, 0) is 30.3 Å². The molecular formula is C22H25NO7. The van der Waals surface area contributed by atoms with Gasteiger partial charge >= 0.3 is 5.97 Å². The summed E-state index contributed by atoms with van der Waals surface area (Å²) in [6.45, 7) is 2.09. The lowest BCUT2D eigenvalue weighted by Crippen LogP contribution is -2.34. The molecule has 1 aliphatic heterocycles. The third-order valence-electron chi connectivity index (χ3n) is 4.45. The maximum Gasteiger partial charge on any atom is 0.325 e. The highest BCUT2D eigenvalue weighted by Crippen LogP contribution is 2.30. The van der Waals surface area contributed by atoms with Gasteiger partial charge in [0.1, 0.15) is 38.4 Å². The zero-order chi connectivity index (χ0) is 21.2. The Hall–Kier alpha value is -3.26. The molecule has 2 aromatic carbocycles. The molecule has 0 saturated heterocycles. The molecule has 0 atom stereocenters. The minimum atomic E-state index is -0.388. The lowest BCUT2D eigenvalue weighted by molar-refractivity contribution is -0.139. The van der Waals surface area contributed by atoms with E-state index in [4.69, 9.17) is 23.7 Å². The van der Waals surface area contributed by atoms with Gasteiger partial charge < -0.3 is 28.6 Å². The molecule has 0 aromatic heterocycles. The Morgan fingerprint density at radius 3 is 2.30 bits per heavy atom. The van der Waals surface area contributed by atoms with Crippen molar-refractivity contribution in [3.63, 3.8) is 0 Å². The van der Waals surface area contributed by atoms with E-state index in [2.05, 4.69) is 0 Å². The molecule has 0 N–H and O–H groups in total. The molecular weight excluding hydrogens is 390 g/mol. The van der Waals surface area contributed by atoms with Crippen molar-refractivity contribution >= 4 is 17.9 Å². The second-order valence-electron chi connectivity index (χ2n) is 6.45. The predicted molar refractivity (Wildman–Crippen MR) is 110 cm³/mol. The molecule has 0 saturated carbocycles. The molecule has 2 aromatic rings. The summed E-state index contributed by atoms with van der Waals surface area (Å²) in [5, 5.41) is 0. The highest BCUT2D eigenvalue weighted by molar-refractivity contribution is 5.80. The van der Waals surface area contributed by atoms with Gasteiger partial charge in [0.05, 0.1) is 26.0 Å². The standard InChI is InChI=1S/C22H25NO7/c1-26-22(25)15-23-8-9-27-10-11-28-19-4-2-3-5-20(19)29-12-13-30-21-14-17(16-24)6-7-18(21)23/h2-7,14,16H,8-13,15H2,1H3. The number of carbonyl (C=O) groups excluding carboxylic acids is 2. The smallest absolute Gasteiger partial charge is 0.325 e. The van der Waals surface area contributed by atoms with E-state index in [0.717, 1.165) is 6.29 Å². The van der Waals surface area contributed by atoms with Crippen LogP contribution in [-0.4, -0.2) is 65.5 Å². The van der Waals surface area contributed by atoms with Gasteiger partial charge in [0.25, 0.3) is 0 Å². The fraction of sp³-hybridized carbons (Fsp3) is 0.364. The zero-order valence-electron chi connectivity index (χ0n) is 16.9. The fourth-order valence-corrected chi connectivity index (χ4v) is 2.97. The van der Waals surface area contributed by atoms with E-state index < -0.39 is 0 Å².